The highest BCUT2D eigenvalue weighted by Crippen LogP contribution is 2.27. The second kappa shape index (κ2) is 8.83. The minimum absolute atomic E-state index is 0.359. The van der Waals surface area contributed by atoms with Crippen LogP contribution in [0.3, 0.4) is 0 Å². The van der Waals surface area contributed by atoms with Gasteiger partial charge >= 0.3 is 0 Å². The van der Waals surface area contributed by atoms with Gasteiger partial charge in [0, 0.05) is 5.75 Å². The topological polar surface area (TPSA) is 92.3 Å². The molecule has 2 aromatic rings. The van der Waals surface area contributed by atoms with Gasteiger partial charge in [-0.25, -0.2) is 8.42 Å². The number of rotatable bonds is 8. The molecule has 1 N–H and O–H groups in total. The van der Waals surface area contributed by atoms with Crippen molar-refractivity contribution in [2.75, 3.05) is 21.6 Å². The molecule has 0 aliphatic heterocycles. The third kappa shape index (κ3) is 5.42. The summed E-state index contributed by atoms with van der Waals surface area (Å²) in [7, 11) is -3.64. The highest BCUT2D eigenvalue weighted by molar-refractivity contribution is 8.01. The van der Waals surface area contributed by atoms with Gasteiger partial charge in [-0.15, -0.1) is 10.2 Å². The van der Waals surface area contributed by atoms with Gasteiger partial charge in [0.15, 0.2) is 4.34 Å². The number of anilines is 2. The van der Waals surface area contributed by atoms with Crippen molar-refractivity contribution in [1.82, 2.24) is 10.2 Å². The van der Waals surface area contributed by atoms with Crippen molar-refractivity contribution in [1.29, 1.82) is 0 Å². The van der Waals surface area contributed by atoms with E-state index >= 15 is 0 Å². The highest BCUT2D eigenvalue weighted by atomic mass is 32.2. The first-order valence-electron chi connectivity index (χ1n) is 8.05. The summed E-state index contributed by atoms with van der Waals surface area (Å²) in [6.45, 7) is 5.53. The maximum atomic E-state index is 12.6. The Labute approximate surface area is 162 Å². The minimum Gasteiger partial charge on any atom is -0.299 e. The van der Waals surface area contributed by atoms with E-state index in [1.54, 1.807) is 43.0 Å². The molecule has 26 heavy (non-hydrogen) atoms. The van der Waals surface area contributed by atoms with Crippen LogP contribution < -0.4 is 9.62 Å². The zero-order valence-corrected chi connectivity index (χ0v) is 17.5. The number of sulfonamides is 1. The molecular formula is C16H22N4O3S3. The van der Waals surface area contributed by atoms with Crippen LogP contribution in [0, 0.1) is 6.92 Å². The van der Waals surface area contributed by atoms with Crippen LogP contribution in [0.1, 0.15) is 25.8 Å². The molecule has 0 unspecified atom stereocenters. The summed E-state index contributed by atoms with van der Waals surface area (Å²) in [5.41, 5.74) is 1.45. The standard InChI is InChI=1S/C16H22N4O3S3/c1-5-10-24-16-19-18-15(25-16)17-14(21)12(3)20(26(4,22)23)13-8-6-11(2)7-9-13/h6-9,12H,5,10H2,1-4H3,(H,17,18,21)/t12-/m1/s1. The fraction of sp³-hybridized carbons (Fsp3) is 0.438. The molecule has 0 fully saturated rings. The van der Waals surface area contributed by atoms with Gasteiger partial charge in [-0.05, 0) is 32.4 Å². The minimum atomic E-state index is -3.64. The summed E-state index contributed by atoms with van der Waals surface area (Å²) in [6.07, 6.45) is 2.10. The molecule has 1 amide bonds. The number of thioether (sulfide) groups is 1. The molecule has 0 aliphatic rings. The van der Waals surface area contributed by atoms with Crippen LogP contribution in [0.25, 0.3) is 0 Å². The van der Waals surface area contributed by atoms with Crippen LogP contribution in [0.2, 0.25) is 0 Å². The molecule has 142 valence electrons. The first-order chi connectivity index (χ1) is 12.2. The molecule has 0 radical (unpaired) electrons. The fourth-order valence-corrected chi connectivity index (χ4v) is 5.07. The molecule has 1 aromatic carbocycles. The van der Waals surface area contributed by atoms with Crippen LogP contribution in [0.4, 0.5) is 10.8 Å². The molecule has 1 atom stereocenters. The SMILES string of the molecule is CCCSc1nnc(NC(=O)[C@@H](C)N(c2ccc(C)cc2)S(C)(=O)=O)s1. The van der Waals surface area contributed by atoms with Crippen LogP contribution in [0.15, 0.2) is 28.6 Å². The molecule has 0 bridgehead atoms. The van der Waals surface area contributed by atoms with E-state index in [-0.39, 0.29) is 0 Å². The number of carbonyl (C=O) groups is 1. The van der Waals surface area contributed by atoms with Crippen molar-refractivity contribution in [2.45, 2.75) is 37.6 Å². The number of carbonyl (C=O) groups excluding carboxylic acids is 1. The summed E-state index contributed by atoms with van der Waals surface area (Å²) >= 11 is 2.85. The summed E-state index contributed by atoms with van der Waals surface area (Å²) in [5.74, 6) is 0.466. The summed E-state index contributed by atoms with van der Waals surface area (Å²) in [5, 5.41) is 11.0. The van der Waals surface area contributed by atoms with E-state index in [4.69, 9.17) is 0 Å². The van der Waals surface area contributed by atoms with Crippen molar-refractivity contribution in [3.63, 3.8) is 0 Å². The maximum Gasteiger partial charge on any atom is 0.249 e. The molecule has 0 saturated heterocycles. The van der Waals surface area contributed by atoms with E-state index in [1.807, 2.05) is 6.92 Å². The van der Waals surface area contributed by atoms with Crippen molar-refractivity contribution in [2.24, 2.45) is 0 Å². The first kappa shape index (κ1) is 20.7. The van der Waals surface area contributed by atoms with Crippen LogP contribution >= 0.6 is 23.1 Å². The zero-order valence-electron chi connectivity index (χ0n) is 15.1. The Morgan fingerprint density at radius 3 is 2.54 bits per heavy atom. The van der Waals surface area contributed by atoms with Crippen molar-refractivity contribution in [3.8, 4) is 0 Å². The number of aryl methyl sites for hydroxylation is 1. The number of aromatic nitrogens is 2. The normalized spacial score (nSPS) is 12.6. The Kier molecular flexibility index (Phi) is 7.01. The van der Waals surface area contributed by atoms with Crippen LogP contribution in [0.5, 0.6) is 0 Å². The number of nitrogens with one attached hydrogen (secondary N) is 1. The monoisotopic (exact) mass is 414 g/mol. The van der Waals surface area contributed by atoms with Gasteiger partial charge in [0.2, 0.25) is 21.1 Å². The second-order valence-electron chi connectivity index (χ2n) is 5.78. The Morgan fingerprint density at radius 1 is 1.31 bits per heavy atom. The smallest absolute Gasteiger partial charge is 0.249 e. The maximum absolute atomic E-state index is 12.6. The molecule has 2 rings (SSSR count). The lowest BCUT2D eigenvalue weighted by Crippen LogP contribution is -2.45. The molecule has 1 heterocycles. The lowest BCUT2D eigenvalue weighted by molar-refractivity contribution is -0.116. The quantitative estimate of drug-likeness (QED) is 0.527. The molecule has 0 spiro atoms. The largest absolute Gasteiger partial charge is 0.299 e. The van der Waals surface area contributed by atoms with Gasteiger partial charge in [0.1, 0.15) is 6.04 Å². The predicted molar refractivity (Wildman–Crippen MR) is 108 cm³/mol. The van der Waals surface area contributed by atoms with E-state index in [0.717, 1.165) is 32.6 Å². The fourth-order valence-electron chi connectivity index (χ4n) is 2.22. The summed E-state index contributed by atoms with van der Waals surface area (Å²) in [6, 6.07) is 6.05. The second-order valence-corrected chi connectivity index (χ2v) is 9.96. The van der Waals surface area contributed by atoms with Gasteiger partial charge in [0.05, 0.1) is 11.9 Å². The summed E-state index contributed by atoms with van der Waals surface area (Å²) < 4.78 is 26.4. The van der Waals surface area contributed by atoms with Gasteiger partial charge in [-0.1, -0.05) is 47.7 Å². The molecule has 10 heteroatoms. The summed E-state index contributed by atoms with van der Waals surface area (Å²) in [4.78, 5) is 12.6. The Bertz CT molecular complexity index is 850. The molecular weight excluding hydrogens is 392 g/mol. The number of amides is 1. The van der Waals surface area contributed by atoms with Crippen molar-refractivity contribution in [3.05, 3.63) is 29.8 Å². The molecule has 0 aliphatic carbocycles. The van der Waals surface area contributed by atoms with Crippen molar-refractivity contribution < 1.29 is 13.2 Å². The van der Waals surface area contributed by atoms with E-state index in [2.05, 4.69) is 22.4 Å². The van der Waals surface area contributed by atoms with E-state index in [1.165, 1.54) is 11.3 Å². The van der Waals surface area contributed by atoms with Gasteiger partial charge < -0.3 is 0 Å². The average Bonchev–Trinajstić information content (AvgIpc) is 3.01. The molecule has 7 nitrogen and oxygen atoms in total. The Hall–Kier alpha value is -1.65. The molecule has 1 aromatic heterocycles. The van der Waals surface area contributed by atoms with Crippen molar-refractivity contribution >= 4 is 49.8 Å². The van der Waals surface area contributed by atoms with E-state index in [0.29, 0.717) is 10.8 Å². The Morgan fingerprint density at radius 2 is 1.96 bits per heavy atom. The van der Waals surface area contributed by atoms with Crippen LogP contribution in [-0.2, 0) is 14.8 Å². The van der Waals surface area contributed by atoms with Gasteiger partial charge in [-0.3, -0.25) is 14.4 Å². The van der Waals surface area contributed by atoms with Gasteiger partial charge in [-0.2, -0.15) is 0 Å². The van der Waals surface area contributed by atoms with E-state index < -0.39 is 22.0 Å². The number of hydrogen-bond acceptors (Lipinski definition) is 7. The highest BCUT2D eigenvalue weighted by Gasteiger charge is 2.29. The lowest BCUT2D eigenvalue weighted by atomic mass is 10.2. The number of nitrogens with zero attached hydrogens (tertiary/aromatic N) is 3. The first-order valence-corrected chi connectivity index (χ1v) is 11.7. The predicted octanol–water partition coefficient (Wildman–Crippen LogP) is 3.14. The average molecular weight is 415 g/mol. The van der Waals surface area contributed by atoms with Crippen LogP contribution in [-0.4, -0.2) is 42.6 Å². The number of hydrogen-bond donors (Lipinski definition) is 1. The Balaban J connectivity index is 2.17. The molecule has 0 saturated carbocycles. The van der Waals surface area contributed by atoms with Gasteiger partial charge in [0.25, 0.3) is 0 Å². The lowest BCUT2D eigenvalue weighted by Gasteiger charge is -2.27. The van der Waals surface area contributed by atoms with E-state index in [9.17, 15) is 13.2 Å². The third-order valence-electron chi connectivity index (χ3n) is 3.44. The number of benzene rings is 1. The third-order valence-corrected chi connectivity index (χ3v) is 6.86. The zero-order chi connectivity index (χ0) is 19.3.